The smallest absolute Gasteiger partial charge is 0.135 e. The van der Waals surface area contributed by atoms with Crippen LogP contribution in [0.15, 0.2) is 24.3 Å². The van der Waals surface area contributed by atoms with Crippen LogP contribution in [0.25, 0.3) is 0 Å². The van der Waals surface area contributed by atoms with E-state index in [1.54, 1.807) is 0 Å². The molecule has 98 valence electrons. The lowest BCUT2D eigenvalue weighted by molar-refractivity contribution is 0.0247. The lowest BCUT2D eigenvalue weighted by atomic mass is 9.93. The average Bonchev–Trinajstić information content (AvgIpc) is 2.82. The van der Waals surface area contributed by atoms with E-state index in [0.717, 1.165) is 0 Å². The Kier molecular flexibility index (Phi) is 3.27. The molecule has 1 aliphatic heterocycles. The van der Waals surface area contributed by atoms with Gasteiger partial charge in [0, 0.05) is 25.8 Å². The zero-order valence-corrected chi connectivity index (χ0v) is 11.2. The standard InChI is InChI=1S/C15H22N2O/c1-17(2)12-9-7-11(8-10-12)15-16-13-5-3-4-6-14(13)18-15/h7-10,13-16H,3-6H2,1-2H3/t13-,14+,15+/m0/s1. The van der Waals surface area contributed by atoms with Crippen LogP contribution in [0.5, 0.6) is 0 Å². The molecule has 3 heteroatoms. The van der Waals surface area contributed by atoms with E-state index in [2.05, 4.69) is 48.6 Å². The van der Waals surface area contributed by atoms with Crippen LogP contribution in [-0.4, -0.2) is 26.2 Å². The highest BCUT2D eigenvalue weighted by atomic mass is 16.5. The van der Waals surface area contributed by atoms with Crippen molar-refractivity contribution in [3.63, 3.8) is 0 Å². The van der Waals surface area contributed by atoms with Crippen LogP contribution < -0.4 is 10.2 Å². The molecule has 2 aliphatic rings. The number of fused-ring (bicyclic) bond motifs is 1. The molecule has 1 aliphatic carbocycles. The van der Waals surface area contributed by atoms with Gasteiger partial charge in [-0.25, -0.2) is 0 Å². The molecule has 3 atom stereocenters. The summed E-state index contributed by atoms with van der Waals surface area (Å²) in [5.74, 6) is 0. The molecule has 2 fully saturated rings. The summed E-state index contributed by atoms with van der Waals surface area (Å²) >= 11 is 0. The highest BCUT2D eigenvalue weighted by Gasteiger charge is 2.36. The summed E-state index contributed by atoms with van der Waals surface area (Å²) in [6.45, 7) is 0. The Morgan fingerprint density at radius 1 is 1.11 bits per heavy atom. The molecule has 1 heterocycles. The van der Waals surface area contributed by atoms with Gasteiger partial charge in [0.25, 0.3) is 0 Å². The minimum absolute atomic E-state index is 0.0920. The molecule has 1 aromatic rings. The van der Waals surface area contributed by atoms with Gasteiger partial charge in [-0.1, -0.05) is 25.0 Å². The van der Waals surface area contributed by atoms with Crippen LogP contribution in [0.2, 0.25) is 0 Å². The fourth-order valence-corrected chi connectivity index (χ4v) is 2.98. The van der Waals surface area contributed by atoms with E-state index < -0.39 is 0 Å². The molecule has 3 rings (SSSR count). The maximum absolute atomic E-state index is 6.13. The molecular formula is C15H22N2O. The predicted molar refractivity (Wildman–Crippen MR) is 73.8 cm³/mol. The number of hydrogen-bond acceptors (Lipinski definition) is 3. The van der Waals surface area contributed by atoms with Crippen molar-refractivity contribution in [3.8, 4) is 0 Å². The monoisotopic (exact) mass is 246 g/mol. The van der Waals surface area contributed by atoms with Gasteiger partial charge < -0.3 is 9.64 Å². The molecule has 0 radical (unpaired) electrons. The zero-order valence-electron chi connectivity index (χ0n) is 11.2. The molecule has 1 saturated carbocycles. The van der Waals surface area contributed by atoms with Crippen LogP contribution in [-0.2, 0) is 4.74 Å². The average molecular weight is 246 g/mol. The van der Waals surface area contributed by atoms with Gasteiger partial charge in [-0.05, 0) is 30.5 Å². The maximum atomic E-state index is 6.13. The van der Waals surface area contributed by atoms with Crippen molar-refractivity contribution in [1.82, 2.24) is 5.32 Å². The first-order chi connectivity index (χ1) is 8.74. The van der Waals surface area contributed by atoms with Gasteiger partial charge in [0.15, 0.2) is 0 Å². The van der Waals surface area contributed by atoms with Crippen molar-refractivity contribution in [1.29, 1.82) is 0 Å². The molecular weight excluding hydrogens is 224 g/mol. The molecule has 0 amide bonds. The van der Waals surface area contributed by atoms with Crippen molar-refractivity contribution in [2.75, 3.05) is 19.0 Å². The fraction of sp³-hybridized carbons (Fsp3) is 0.600. The van der Waals surface area contributed by atoms with Crippen LogP contribution >= 0.6 is 0 Å². The molecule has 18 heavy (non-hydrogen) atoms. The fourth-order valence-electron chi connectivity index (χ4n) is 2.98. The Balaban J connectivity index is 1.71. The van der Waals surface area contributed by atoms with Gasteiger partial charge in [-0.3, -0.25) is 5.32 Å². The molecule has 1 saturated heterocycles. The third-order valence-electron chi connectivity index (χ3n) is 4.09. The summed E-state index contributed by atoms with van der Waals surface area (Å²) in [5.41, 5.74) is 2.48. The second kappa shape index (κ2) is 4.90. The largest absolute Gasteiger partial charge is 0.378 e. The van der Waals surface area contributed by atoms with Crippen molar-refractivity contribution < 1.29 is 4.74 Å². The first-order valence-corrected chi connectivity index (χ1v) is 6.93. The molecule has 1 N–H and O–H groups in total. The van der Waals surface area contributed by atoms with Crippen LogP contribution in [0, 0.1) is 0 Å². The number of nitrogens with one attached hydrogen (secondary N) is 1. The third kappa shape index (κ3) is 2.25. The van der Waals surface area contributed by atoms with E-state index in [9.17, 15) is 0 Å². The Morgan fingerprint density at radius 2 is 1.83 bits per heavy atom. The topological polar surface area (TPSA) is 24.5 Å². The number of anilines is 1. The summed E-state index contributed by atoms with van der Waals surface area (Å²) in [6, 6.07) is 9.22. The second-order valence-electron chi connectivity index (χ2n) is 5.60. The van der Waals surface area contributed by atoms with Gasteiger partial charge >= 0.3 is 0 Å². The van der Waals surface area contributed by atoms with E-state index in [4.69, 9.17) is 4.74 Å². The number of hydrogen-bond donors (Lipinski definition) is 1. The SMILES string of the molecule is CN(C)c1ccc([C@@H]2N[C@H]3CCCC[C@H]3O2)cc1. The maximum Gasteiger partial charge on any atom is 0.135 e. The molecule has 3 nitrogen and oxygen atoms in total. The minimum Gasteiger partial charge on any atom is -0.378 e. The third-order valence-corrected chi connectivity index (χ3v) is 4.09. The highest BCUT2D eigenvalue weighted by Crippen LogP contribution is 2.33. The van der Waals surface area contributed by atoms with Crippen molar-refractivity contribution >= 4 is 5.69 Å². The van der Waals surface area contributed by atoms with Gasteiger partial charge in [-0.15, -0.1) is 0 Å². The first kappa shape index (κ1) is 12.0. The highest BCUT2D eigenvalue weighted by molar-refractivity contribution is 5.46. The van der Waals surface area contributed by atoms with E-state index in [1.807, 2.05) is 0 Å². The van der Waals surface area contributed by atoms with Crippen LogP contribution in [0.4, 0.5) is 5.69 Å². The Hall–Kier alpha value is -1.06. The quantitative estimate of drug-likeness (QED) is 0.868. The van der Waals surface area contributed by atoms with E-state index in [-0.39, 0.29) is 6.23 Å². The van der Waals surface area contributed by atoms with Gasteiger partial charge in [0.2, 0.25) is 0 Å². The van der Waals surface area contributed by atoms with Crippen LogP contribution in [0.1, 0.15) is 37.5 Å². The first-order valence-electron chi connectivity index (χ1n) is 6.93. The lowest BCUT2D eigenvalue weighted by Gasteiger charge is -2.22. The van der Waals surface area contributed by atoms with Gasteiger partial charge in [0.1, 0.15) is 6.23 Å². The Labute approximate surface area is 109 Å². The lowest BCUT2D eigenvalue weighted by Crippen LogP contribution is -2.33. The zero-order chi connectivity index (χ0) is 12.5. The molecule has 0 spiro atoms. The Bertz CT molecular complexity index is 387. The van der Waals surface area contributed by atoms with Crippen molar-refractivity contribution in [3.05, 3.63) is 29.8 Å². The van der Waals surface area contributed by atoms with E-state index in [1.165, 1.54) is 36.9 Å². The summed E-state index contributed by atoms with van der Waals surface area (Å²) in [5, 5.41) is 3.62. The number of nitrogens with zero attached hydrogens (tertiary/aromatic N) is 1. The number of rotatable bonds is 2. The summed E-state index contributed by atoms with van der Waals surface area (Å²) < 4.78 is 6.13. The second-order valence-corrected chi connectivity index (χ2v) is 5.60. The van der Waals surface area contributed by atoms with Crippen LogP contribution in [0.3, 0.4) is 0 Å². The predicted octanol–water partition coefficient (Wildman–Crippen LogP) is 2.68. The van der Waals surface area contributed by atoms with E-state index >= 15 is 0 Å². The van der Waals surface area contributed by atoms with Gasteiger partial charge in [-0.2, -0.15) is 0 Å². The Morgan fingerprint density at radius 3 is 2.50 bits per heavy atom. The molecule has 0 aromatic heterocycles. The van der Waals surface area contributed by atoms with Gasteiger partial charge in [0.05, 0.1) is 6.10 Å². The normalized spacial score (nSPS) is 31.1. The minimum atomic E-state index is 0.0920. The number of ether oxygens (including phenoxy) is 1. The molecule has 0 bridgehead atoms. The summed E-state index contributed by atoms with van der Waals surface area (Å²) in [6.07, 6.45) is 5.64. The van der Waals surface area contributed by atoms with E-state index in [0.29, 0.717) is 12.1 Å². The van der Waals surface area contributed by atoms with Crippen molar-refractivity contribution in [2.45, 2.75) is 44.1 Å². The molecule has 1 aromatic carbocycles. The summed E-state index contributed by atoms with van der Waals surface area (Å²) in [7, 11) is 4.13. The number of benzene rings is 1. The van der Waals surface area contributed by atoms with Crippen molar-refractivity contribution in [2.24, 2.45) is 0 Å². The molecule has 0 unspecified atom stereocenters. The summed E-state index contributed by atoms with van der Waals surface area (Å²) in [4.78, 5) is 2.12.